The number of halogens is 1. The van der Waals surface area contributed by atoms with Gasteiger partial charge in [-0.05, 0) is 46.7 Å². The summed E-state index contributed by atoms with van der Waals surface area (Å²) in [4.78, 5) is 1.14. The summed E-state index contributed by atoms with van der Waals surface area (Å²) in [6, 6.07) is 8.03. The highest BCUT2D eigenvalue weighted by Crippen LogP contribution is 2.18. The molecule has 1 rings (SSSR count). The van der Waals surface area contributed by atoms with Crippen LogP contribution in [0.15, 0.2) is 29.2 Å². The summed E-state index contributed by atoms with van der Waals surface area (Å²) in [7, 11) is 0. The Labute approximate surface area is 72.3 Å². The predicted molar refractivity (Wildman–Crippen MR) is 49.2 cm³/mol. The average Bonchev–Trinajstić information content (AvgIpc) is 1.89. The van der Waals surface area contributed by atoms with E-state index in [1.807, 2.05) is 24.3 Å². The van der Waals surface area contributed by atoms with Gasteiger partial charge in [-0.15, -0.1) is 0 Å². The molecule has 0 aliphatic carbocycles. The molecule has 0 unspecified atom stereocenters. The molecule has 3 heteroatoms. The molecule has 0 heterocycles. The van der Waals surface area contributed by atoms with Crippen molar-refractivity contribution in [2.75, 3.05) is 0 Å². The van der Waals surface area contributed by atoms with E-state index in [0.29, 0.717) is 0 Å². The lowest BCUT2D eigenvalue weighted by molar-refractivity contribution is 1.40. The van der Waals surface area contributed by atoms with E-state index in [0.717, 1.165) is 4.90 Å². The van der Waals surface area contributed by atoms with E-state index < -0.39 is 0 Å². The van der Waals surface area contributed by atoms with Crippen molar-refractivity contribution in [1.82, 2.24) is 0 Å². The molecule has 1 aromatic rings. The van der Waals surface area contributed by atoms with Crippen molar-refractivity contribution in [2.45, 2.75) is 4.90 Å². The monoisotopic (exact) mass is 251 g/mol. The Bertz CT molecular complexity index is 202. The zero-order valence-electron chi connectivity index (χ0n) is 4.67. The van der Waals surface area contributed by atoms with Gasteiger partial charge in [0.2, 0.25) is 0 Å². The third kappa shape index (κ3) is 1.84. The number of hydrogen-bond acceptors (Lipinski definition) is 2. The highest BCUT2D eigenvalue weighted by molar-refractivity contribution is 14.1. The first-order valence-corrected chi connectivity index (χ1v) is 4.41. The topological polar surface area (TPSA) is 26.0 Å². The largest absolute Gasteiger partial charge is 0.274 e. The van der Waals surface area contributed by atoms with Gasteiger partial charge in [-0.25, -0.2) is 0 Å². The summed E-state index contributed by atoms with van der Waals surface area (Å²) in [5.41, 5.74) is 0. The molecule has 0 saturated carbocycles. The molecular weight excluding hydrogens is 245 g/mol. The third-order valence-electron chi connectivity index (χ3n) is 0.964. The highest BCUT2D eigenvalue weighted by atomic mass is 127. The van der Waals surface area contributed by atoms with E-state index in [1.54, 1.807) is 0 Å². The van der Waals surface area contributed by atoms with Gasteiger partial charge in [0.1, 0.15) is 0 Å². The zero-order valence-corrected chi connectivity index (χ0v) is 7.65. The Kier molecular flexibility index (Phi) is 2.81. The molecule has 1 nitrogen and oxygen atoms in total. The fourth-order valence-corrected chi connectivity index (χ4v) is 1.65. The van der Waals surface area contributed by atoms with Crippen LogP contribution in [0.3, 0.4) is 0 Å². The summed E-state index contributed by atoms with van der Waals surface area (Å²) in [6.45, 7) is 0. The normalized spacial score (nSPS) is 9.56. The van der Waals surface area contributed by atoms with E-state index in [1.165, 1.54) is 15.5 Å². The first kappa shape index (κ1) is 7.37. The molecule has 48 valence electrons. The van der Waals surface area contributed by atoms with Crippen LogP contribution in [-0.2, 0) is 0 Å². The Balaban J connectivity index is 3.01. The molecule has 0 fully saturated rings. The lowest BCUT2D eigenvalue weighted by atomic mass is 10.4. The molecular formula is C6H6INS. The van der Waals surface area contributed by atoms with E-state index in [4.69, 9.17) is 5.14 Å². The second-order valence-electron chi connectivity index (χ2n) is 1.55. The lowest BCUT2D eigenvalue weighted by Crippen LogP contribution is -1.81. The maximum atomic E-state index is 5.36. The van der Waals surface area contributed by atoms with Gasteiger partial charge in [0.15, 0.2) is 0 Å². The standard InChI is InChI=1S/C6H6INS/c7-5-3-1-2-4-6(5)9-8/h1-4H,8H2. The van der Waals surface area contributed by atoms with Crippen molar-refractivity contribution in [2.24, 2.45) is 5.14 Å². The van der Waals surface area contributed by atoms with Crippen molar-refractivity contribution in [3.8, 4) is 0 Å². The van der Waals surface area contributed by atoms with Gasteiger partial charge in [-0.1, -0.05) is 12.1 Å². The molecule has 0 aliphatic heterocycles. The molecule has 0 aliphatic rings. The summed E-state index contributed by atoms with van der Waals surface area (Å²) >= 11 is 3.55. The molecule has 0 saturated heterocycles. The Morgan fingerprint density at radius 3 is 2.44 bits per heavy atom. The quantitative estimate of drug-likeness (QED) is 0.612. The molecule has 1 aromatic carbocycles. The maximum absolute atomic E-state index is 5.36. The lowest BCUT2D eigenvalue weighted by Gasteiger charge is -1.95. The van der Waals surface area contributed by atoms with Crippen molar-refractivity contribution in [3.05, 3.63) is 27.8 Å². The molecule has 0 bridgehead atoms. The molecule has 0 radical (unpaired) electrons. The van der Waals surface area contributed by atoms with E-state index in [-0.39, 0.29) is 0 Å². The first-order chi connectivity index (χ1) is 4.34. The Morgan fingerprint density at radius 1 is 1.33 bits per heavy atom. The van der Waals surface area contributed by atoms with Crippen LogP contribution in [0.1, 0.15) is 0 Å². The number of nitrogens with two attached hydrogens (primary N) is 1. The van der Waals surface area contributed by atoms with Crippen LogP contribution < -0.4 is 5.14 Å². The van der Waals surface area contributed by atoms with Crippen LogP contribution in [0.25, 0.3) is 0 Å². The van der Waals surface area contributed by atoms with Crippen molar-refractivity contribution in [1.29, 1.82) is 0 Å². The van der Waals surface area contributed by atoms with Gasteiger partial charge in [0.25, 0.3) is 0 Å². The summed E-state index contributed by atoms with van der Waals surface area (Å²) < 4.78 is 1.21. The number of rotatable bonds is 1. The van der Waals surface area contributed by atoms with E-state index in [2.05, 4.69) is 22.6 Å². The van der Waals surface area contributed by atoms with Crippen molar-refractivity contribution >= 4 is 34.5 Å². The minimum atomic E-state index is 1.14. The fraction of sp³-hybridized carbons (Fsp3) is 0. The third-order valence-corrected chi connectivity index (χ3v) is 2.88. The number of hydrogen-bond donors (Lipinski definition) is 1. The Morgan fingerprint density at radius 2 is 2.00 bits per heavy atom. The molecule has 2 N–H and O–H groups in total. The van der Waals surface area contributed by atoms with Crippen LogP contribution in [0.2, 0.25) is 0 Å². The highest BCUT2D eigenvalue weighted by Gasteiger charge is 1.92. The minimum absolute atomic E-state index is 1.14. The van der Waals surface area contributed by atoms with Gasteiger partial charge in [0.05, 0.1) is 0 Å². The molecule has 0 spiro atoms. The predicted octanol–water partition coefficient (Wildman–Crippen LogP) is 2.26. The summed E-state index contributed by atoms with van der Waals surface area (Å²) in [5, 5.41) is 5.36. The smallest absolute Gasteiger partial charge is 0.0359 e. The van der Waals surface area contributed by atoms with Crippen LogP contribution in [0.5, 0.6) is 0 Å². The summed E-state index contributed by atoms with van der Waals surface area (Å²) in [6.07, 6.45) is 0. The zero-order chi connectivity index (χ0) is 6.69. The molecule has 0 atom stereocenters. The van der Waals surface area contributed by atoms with Crippen LogP contribution in [0.4, 0.5) is 0 Å². The molecule has 9 heavy (non-hydrogen) atoms. The second-order valence-corrected chi connectivity index (χ2v) is 3.39. The number of benzene rings is 1. The van der Waals surface area contributed by atoms with E-state index in [9.17, 15) is 0 Å². The van der Waals surface area contributed by atoms with Gasteiger partial charge in [-0.3, -0.25) is 5.14 Å². The Hall–Kier alpha value is 0.260. The van der Waals surface area contributed by atoms with Gasteiger partial charge in [-0.2, -0.15) is 0 Å². The van der Waals surface area contributed by atoms with Crippen LogP contribution in [0, 0.1) is 3.57 Å². The SMILES string of the molecule is NSc1ccccc1I. The summed E-state index contributed by atoms with van der Waals surface area (Å²) in [5.74, 6) is 0. The molecule has 0 amide bonds. The van der Waals surface area contributed by atoms with Gasteiger partial charge in [0, 0.05) is 8.47 Å². The maximum Gasteiger partial charge on any atom is 0.0359 e. The first-order valence-electron chi connectivity index (χ1n) is 2.46. The average molecular weight is 251 g/mol. The van der Waals surface area contributed by atoms with Gasteiger partial charge < -0.3 is 0 Å². The van der Waals surface area contributed by atoms with Crippen molar-refractivity contribution < 1.29 is 0 Å². The fourth-order valence-electron chi connectivity index (χ4n) is 0.540. The van der Waals surface area contributed by atoms with Crippen LogP contribution >= 0.6 is 34.5 Å². The van der Waals surface area contributed by atoms with Crippen LogP contribution in [-0.4, -0.2) is 0 Å². The van der Waals surface area contributed by atoms with Crippen molar-refractivity contribution in [3.63, 3.8) is 0 Å². The minimum Gasteiger partial charge on any atom is -0.274 e. The van der Waals surface area contributed by atoms with Gasteiger partial charge >= 0.3 is 0 Å². The molecule has 0 aromatic heterocycles. The van der Waals surface area contributed by atoms with E-state index >= 15 is 0 Å². The second kappa shape index (κ2) is 3.43.